The summed E-state index contributed by atoms with van der Waals surface area (Å²) in [6.45, 7) is 3.20. The van der Waals surface area contributed by atoms with E-state index in [1.165, 1.54) is 18.2 Å². The molecule has 1 N–H and O–H groups in total. The molecule has 1 atom stereocenters. The highest BCUT2D eigenvalue weighted by Gasteiger charge is 2.42. The third-order valence-electron chi connectivity index (χ3n) is 4.67. The van der Waals surface area contributed by atoms with Crippen molar-refractivity contribution in [1.82, 2.24) is 4.72 Å². The third-order valence-corrected chi connectivity index (χ3v) is 8.10. The van der Waals surface area contributed by atoms with Gasteiger partial charge in [-0.25, -0.2) is 25.9 Å². The molecule has 1 fully saturated rings. The maximum Gasteiger partial charge on any atom is 0.244 e. The second kappa shape index (κ2) is 7.77. The van der Waals surface area contributed by atoms with Gasteiger partial charge >= 0.3 is 0 Å². The summed E-state index contributed by atoms with van der Waals surface area (Å²) in [7, 11) is -6.03. The molecule has 10 heteroatoms. The first-order valence-corrected chi connectivity index (χ1v) is 11.9. The highest BCUT2D eigenvalue weighted by Crippen LogP contribution is 2.30. The van der Waals surface area contributed by atoms with E-state index in [1.807, 2.05) is 0 Å². The summed E-state index contributed by atoms with van der Waals surface area (Å²) in [6.07, 6.45) is 0. The number of sulfonamides is 2. The molecule has 0 saturated carbocycles. The van der Waals surface area contributed by atoms with Gasteiger partial charge in [-0.05, 0) is 48.4 Å². The average molecular weight is 439 g/mol. The number of aryl methyl sites for hydroxylation is 1. The Morgan fingerprint density at radius 3 is 2.34 bits per heavy atom. The Hall–Kier alpha value is -2.43. The first-order valence-electron chi connectivity index (χ1n) is 8.85. The topological polar surface area (TPSA) is 110 Å². The number of nitrogens with one attached hydrogen (secondary N) is 1. The fraction of sp³-hybridized carbons (Fsp3) is 0.316. The van der Waals surface area contributed by atoms with Crippen molar-refractivity contribution >= 4 is 31.6 Å². The lowest BCUT2D eigenvalue weighted by Crippen LogP contribution is -2.30. The van der Waals surface area contributed by atoms with Gasteiger partial charge in [-0.15, -0.1) is 0 Å². The van der Waals surface area contributed by atoms with Crippen LogP contribution < -0.4 is 13.8 Å². The maximum absolute atomic E-state index is 12.7. The molecular weight excluding hydrogens is 416 g/mol. The number of amides is 1. The van der Waals surface area contributed by atoms with Gasteiger partial charge < -0.3 is 4.74 Å². The quantitative estimate of drug-likeness (QED) is 0.736. The van der Waals surface area contributed by atoms with Crippen LogP contribution in [0.15, 0.2) is 47.4 Å². The summed E-state index contributed by atoms with van der Waals surface area (Å²) in [6, 6.07) is 11.0. The van der Waals surface area contributed by atoms with Crippen molar-refractivity contribution in [2.75, 3.05) is 17.2 Å². The maximum atomic E-state index is 12.7. The molecule has 8 nitrogen and oxygen atoms in total. The van der Waals surface area contributed by atoms with Gasteiger partial charge in [0.05, 0.1) is 29.4 Å². The highest BCUT2D eigenvalue weighted by atomic mass is 32.2. The minimum absolute atomic E-state index is 0.0202. The van der Waals surface area contributed by atoms with Crippen LogP contribution >= 0.6 is 0 Å². The molecule has 0 spiro atoms. The first kappa shape index (κ1) is 21.3. The van der Waals surface area contributed by atoms with Gasteiger partial charge in [-0.2, -0.15) is 0 Å². The molecule has 1 aliphatic heterocycles. The van der Waals surface area contributed by atoms with Gasteiger partial charge in [-0.3, -0.25) is 4.79 Å². The third kappa shape index (κ3) is 4.29. The summed E-state index contributed by atoms with van der Waals surface area (Å²) >= 11 is 0. The summed E-state index contributed by atoms with van der Waals surface area (Å²) in [5.74, 6) is -0.731. The number of nitrogens with zero attached hydrogens (tertiary/aromatic N) is 1. The molecule has 1 aliphatic rings. The summed E-state index contributed by atoms with van der Waals surface area (Å²) in [5.41, 5.74) is 1.24. The minimum atomic E-state index is -3.83. The van der Waals surface area contributed by atoms with E-state index < -0.39 is 31.9 Å². The van der Waals surface area contributed by atoms with Gasteiger partial charge in [0.1, 0.15) is 5.75 Å². The van der Waals surface area contributed by atoms with Crippen molar-refractivity contribution in [3.8, 4) is 5.75 Å². The van der Waals surface area contributed by atoms with Gasteiger partial charge in [0.15, 0.2) is 0 Å². The minimum Gasteiger partial charge on any atom is -0.497 e. The number of rotatable bonds is 6. The number of carbonyl (C=O) groups is 1. The van der Waals surface area contributed by atoms with Gasteiger partial charge in [0, 0.05) is 6.54 Å². The van der Waals surface area contributed by atoms with E-state index in [2.05, 4.69) is 4.72 Å². The van der Waals surface area contributed by atoms with Gasteiger partial charge in [-0.1, -0.05) is 19.1 Å². The van der Waals surface area contributed by atoms with Crippen molar-refractivity contribution in [2.24, 2.45) is 5.92 Å². The fourth-order valence-corrected chi connectivity index (χ4v) is 6.20. The standard InChI is InChI=1S/C19H22N2O6S2/c1-13-10-16(21-19(22)14(2)12-28(21,23)24)6-9-18(13)29(25,26)20-11-15-4-7-17(27-3)8-5-15/h4-10,14,20H,11-12H2,1-3H3. The predicted molar refractivity (Wildman–Crippen MR) is 109 cm³/mol. The Labute approximate surface area is 170 Å². The van der Waals surface area contributed by atoms with Crippen LogP contribution in [0.1, 0.15) is 18.1 Å². The highest BCUT2D eigenvalue weighted by molar-refractivity contribution is 7.94. The van der Waals surface area contributed by atoms with Crippen LogP contribution in [0, 0.1) is 12.8 Å². The van der Waals surface area contributed by atoms with E-state index in [0.29, 0.717) is 11.3 Å². The molecule has 0 aliphatic carbocycles. The number of carbonyl (C=O) groups excluding carboxylic acids is 1. The van der Waals surface area contributed by atoms with Crippen LogP contribution in [0.2, 0.25) is 0 Å². The van der Waals surface area contributed by atoms with Crippen molar-refractivity contribution in [1.29, 1.82) is 0 Å². The number of benzene rings is 2. The number of anilines is 1. The zero-order chi connectivity index (χ0) is 21.4. The Kier molecular flexibility index (Phi) is 5.70. The largest absolute Gasteiger partial charge is 0.497 e. The molecule has 1 amide bonds. The van der Waals surface area contributed by atoms with E-state index >= 15 is 0 Å². The molecule has 2 aromatic rings. The average Bonchev–Trinajstić information content (AvgIpc) is 2.87. The smallest absolute Gasteiger partial charge is 0.244 e. The van der Waals surface area contributed by atoms with Crippen LogP contribution in [0.25, 0.3) is 0 Å². The van der Waals surface area contributed by atoms with Crippen LogP contribution in [0.4, 0.5) is 5.69 Å². The monoisotopic (exact) mass is 438 g/mol. The molecular formula is C19H22N2O6S2. The molecule has 0 radical (unpaired) electrons. The second-order valence-corrected chi connectivity index (χ2v) is 10.5. The Bertz CT molecular complexity index is 1140. The van der Waals surface area contributed by atoms with E-state index in [1.54, 1.807) is 45.2 Å². The van der Waals surface area contributed by atoms with E-state index in [9.17, 15) is 21.6 Å². The fourth-order valence-electron chi connectivity index (χ4n) is 3.15. The van der Waals surface area contributed by atoms with E-state index in [4.69, 9.17) is 4.74 Å². The van der Waals surface area contributed by atoms with E-state index in [-0.39, 0.29) is 22.9 Å². The number of hydrogen-bond acceptors (Lipinski definition) is 6. The second-order valence-electron chi connectivity index (χ2n) is 6.90. The normalized spacial score (nSPS) is 18.8. The molecule has 1 heterocycles. The Balaban J connectivity index is 1.82. The molecule has 2 aromatic carbocycles. The summed E-state index contributed by atoms with van der Waals surface area (Å²) in [4.78, 5) is 12.2. The van der Waals surface area contributed by atoms with Crippen molar-refractivity contribution in [2.45, 2.75) is 25.3 Å². The summed E-state index contributed by atoms with van der Waals surface area (Å²) in [5, 5.41) is 0. The molecule has 0 aromatic heterocycles. The molecule has 29 heavy (non-hydrogen) atoms. The molecule has 156 valence electrons. The lowest BCUT2D eigenvalue weighted by molar-refractivity contribution is -0.119. The number of hydrogen-bond donors (Lipinski definition) is 1. The van der Waals surface area contributed by atoms with E-state index in [0.717, 1.165) is 9.87 Å². The number of methoxy groups -OCH3 is 1. The zero-order valence-corrected chi connectivity index (χ0v) is 17.9. The predicted octanol–water partition coefficient (Wildman–Crippen LogP) is 1.79. The zero-order valence-electron chi connectivity index (χ0n) is 16.2. The Morgan fingerprint density at radius 2 is 1.83 bits per heavy atom. The number of ether oxygens (including phenoxy) is 1. The van der Waals surface area contributed by atoms with Crippen molar-refractivity contribution in [3.63, 3.8) is 0 Å². The molecule has 1 unspecified atom stereocenters. The van der Waals surface area contributed by atoms with Gasteiger partial charge in [0.2, 0.25) is 26.0 Å². The van der Waals surface area contributed by atoms with Gasteiger partial charge in [0.25, 0.3) is 0 Å². The SMILES string of the molecule is COc1ccc(CNS(=O)(=O)c2ccc(N3C(=O)C(C)CS3(=O)=O)cc2C)cc1. The lowest BCUT2D eigenvalue weighted by atomic mass is 10.2. The molecule has 1 saturated heterocycles. The lowest BCUT2D eigenvalue weighted by Gasteiger charge is -2.17. The van der Waals surface area contributed by atoms with Crippen molar-refractivity contribution in [3.05, 3.63) is 53.6 Å². The van der Waals surface area contributed by atoms with Crippen LogP contribution in [-0.2, 0) is 31.4 Å². The van der Waals surface area contributed by atoms with Crippen molar-refractivity contribution < 1.29 is 26.4 Å². The van der Waals surface area contributed by atoms with Crippen LogP contribution in [0.5, 0.6) is 5.75 Å². The van der Waals surface area contributed by atoms with Crippen LogP contribution in [0.3, 0.4) is 0 Å². The Morgan fingerprint density at radius 1 is 1.17 bits per heavy atom. The first-order chi connectivity index (χ1) is 13.5. The summed E-state index contributed by atoms with van der Waals surface area (Å²) < 4.78 is 58.2. The van der Waals surface area contributed by atoms with Crippen LogP contribution in [-0.4, -0.2) is 35.6 Å². The molecule has 3 rings (SSSR count). The molecule has 0 bridgehead atoms.